The molecule has 2 rings (SSSR count). The molecule has 1 aliphatic rings. The Morgan fingerprint density at radius 3 is 2.82 bits per heavy atom. The summed E-state index contributed by atoms with van der Waals surface area (Å²) in [7, 11) is 1.61. The van der Waals surface area contributed by atoms with E-state index in [0.29, 0.717) is 30.8 Å². The average Bonchev–Trinajstić information content (AvgIpc) is 2.79. The van der Waals surface area contributed by atoms with E-state index in [2.05, 4.69) is 17.1 Å². The number of hydrogen-bond donors (Lipinski definition) is 2. The van der Waals surface area contributed by atoms with Crippen LogP contribution in [-0.2, 0) is 4.79 Å². The Morgan fingerprint density at radius 2 is 2.23 bits per heavy atom. The highest BCUT2D eigenvalue weighted by Gasteiger charge is 2.29. The number of aryl methyl sites for hydroxylation is 1. The molecule has 2 unspecified atom stereocenters. The predicted octanol–water partition coefficient (Wildman–Crippen LogP) is 2.03. The number of rotatable bonds is 5. The maximum Gasteiger partial charge on any atom is 0.238 e. The van der Waals surface area contributed by atoms with E-state index in [1.165, 1.54) is 0 Å². The van der Waals surface area contributed by atoms with Crippen LogP contribution >= 0.6 is 12.4 Å². The first kappa shape index (κ1) is 18.7. The van der Waals surface area contributed by atoms with Gasteiger partial charge in [0.15, 0.2) is 0 Å². The summed E-state index contributed by atoms with van der Waals surface area (Å²) in [5, 5.41) is 2.95. The van der Waals surface area contributed by atoms with Crippen molar-refractivity contribution in [2.45, 2.75) is 26.3 Å². The van der Waals surface area contributed by atoms with Crippen molar-refractivity contribution < 1.29 is 9.53 Å². The van der Waals surface area contributed by atoms with Crippen LogP contribution in [0.4, 0.5) is 5.69 Å². The fourth-order valence-corrected chi connectivity index (χ4v) is 2.90. The number of nitrogens with two attached hydrogens (primary N) is 1. The van der Waals surface area contributed by atoms with Crippen LogP contribution < -0.4 is 15.8 Å². The van der Waals surface area contributed by atoms with Crippen LogP contribution in [-0.4, -0.2) is 43.6 Å². The Balaban J connectivity index is 0.00000242. The second-order valence-corrected chi connectivity index (χ2v) is 5.87. The number of likely N-dealkylation sites (tertiary alicyclic amines) is 1. The highest BCUT2D eigenvalue weighted by molar-refractivity contribution is 5.93. The third-order valence-corrected chi connectivity index (χ3v) is 4.10. The summed E-state index contributed by atoms with van der Waals surface area (Å²) < 4.78 is 5.28. The van der Waals surface area contributed by atoms with Gasteiger partial charge in [-0.3, -0.25) is 9.69 Å². The fourth-order valence-electron chi connectivity index (χ4n) is 2.90. The third-order valence-electron chi connectivity index (χ3n) is 4.10. The van der Waals surface area contributed by atoms with Crippen LogP contribution in [0.5, 0.6) is 5.75 Å². The molecule has 1 aliphatic heterocycles. The van der Waals surface area contributed by atoms with E-state index in [1.807, 2.05) is 25.1 Å². The Labute approximate surface area is 138 Å². The van der Waals surface area contributed by atoms with E-state index in [-0.39, 0.29) is 18.3 Å². The highest BCUT2D eigenvalue weighted by Crippen LogP contribution is 2.26. The van der Waals surface area contributed by atoms with E-state index in [1.54, 1.807) is 7.11 Å². The first-order chi connectivity index (χ1) is 10.0. The molecule has 22 heavy (non-hydrogen) atoms. The lowest BCUT2D eigenvalue weighted by atomic mass is 10.1. The van der Waals surface area contributed by atoms with E-state index >= 15 is 0 Å². The molecule has 0 aliphatic carbocycles. The van der Waals surface area contributed by atoms with E-state index in [0.717, 1.165) is 24.2 Å². The zero-order chi connectivity index (χ0) is 15.4. The Bertz CT molecular complexity index is 510. The number of hydrogen-bond acceptors (Lipinski definition) is 4. The molecule has 0 aromatic heterocycles. The summed E-state index contributed by atoms with van der Waals surface area (Å²) >= 11 is 0. The average molecular weight is 328 g/mol. The van der Waals surface area contributed by atoms with Gasteiger partial charge >= 0.3 is 0 Å². The summed E-state index contributed by atoms with van der Waals surface area (Å²) in [6.07, 6.45) is 1.07. The number of anilines is 1. The number of amides is 1. The molecule has 1 aromatic carbocycles. The molecule has 1 amide bonds. The van der Waals surface area contributed by atoms with Crippen LogP contribution in [0.1, 0.15) is 18.9 Å². The van der Waals surface area contributed by atoms with E-state index < -0.39 is 0 Å². The van der Waals surface area contributed by atoms with Crippen molar-refractivity contribution in [2.75, 3.05) is 32.1 Å². The van der Waals surface area contributed by atoms with Crippen LogP contribution in [0.25, 0.3) is 0 Å². The Morgan fingerprint density at radius 1 is 1.50 bits per heavy atom. The van der Waals surface area contributed by atoms with Crippen molar-refractivity contribution in [3.63, 3.8) is 0 Å². The largest absolute Gasteiger partial charge is 0.495 e. The van der Waals surface area contributed by atoms with Gasteiger partial charge in [0.25, 0.3) is 0 Å². The fraction of sp³-hybridized carbons (Fsp3) is 0.562. The highest BCUT2D eigenvalue weighted by atomic mass is 35.5. The lowest BCUT2D eigenvalue weighted by Gasteiger charge is -2.20. The summed E-state index contributed by atoms with van der Waals surface area (Å²) in [6.45, 7) is 6.12. The minimum Gasteiger partial charge on any atom is -0.495 e. The molecule has 5 nitrogen and oxygen atoms in total. The molecule has 6 heteroatoms. The van der Waals surface area contributed by atoms with Gasteiger partial charge in [-0.25, -0.2) is 0 Å². The zero-order valence-corrected chi connectivity index (χ0v) is 14.3. The smallest absolute Gasteiger partial charge is 0.238 e. The number of halogens is 1. The molecule has 2 atom stereocenters. The maximum atomic E-state index is 12.2. The summed E-state index contributed by atoms with van der Waals surface area (Å²) in [4.78, 5) is 14.4. The molecule has 0 radical (unpaired) electrons. The topological polar surface area (TPSA) is 67.6 Å². The van der Waals surface area contributed by atoms with Crippen LogP contribution in [0.3, 0.4) is 0 Å². The van der Waals surface area contributed by atoms with Crippen molar-refractivity contribution in [1.29, 1.82) is 0 Å². The Hall–Kier alpha value is -1.30. The van der Waals surface area contributed by atoms with Gasteiger partial charge in [0.1, 0.15) is 5.75 Å². The molecule has 1 saturated heterocycles. The van der Waals surface area contributed by atoms with Gasteiger partial charge < -0.3 is 15.8 Å². The number of ether oxygens (including phenoxy) is 1. The number of benzene rings is 1. The number of methoxy groups -OCH3 is 1. The molecular formula is C16H26ClN3O2. The molecule has 0 spiro atoms. The quantitative estimate of drug-likeness (QED) is 0.868. The van der Waals surface area contributed by atoms with Crippen molar-refractivity contribution >= 4 is 24.0 Å². The first-order valence-corrected chi connectivity index (χ1v) is 7.42. The molecule has 1 aromatic rings. The molecule has 124 valence electrons. The number of nitrogens with zero attached hydrogens (tertiary/aromatic N) is 1. The molecule has 0 bridgehead atoms. The molecule has 0 saturated carbocycles. The second-order valence-electron chi connectivity index (χ2n) is 5.87. The van der Waals surface area contributed by atoms with Gasteiger partial charge in [-0.05, 0) is 50.4 Å². The van der Waals surface area contributed by atoms with Gasteiger partial charge in [-0.1, -0.05) is 6.07 Å². The third kappa shape index (κ3) is 4.60. The number of nitrogens with one attached hydrogen (secondary N) is 1. The standard InChI is InChI=1S/C16H25N3O2.ClH/c1-11-4-5-15(21-3)14(6-11)18-16(20)10-19-9-13(8-17)7-12(19)2;/h4-6,12-13H,7-10,17H2,1-3H3,(H,18,20);1H. The summed E-state index contributed by atoms with van der Waals surface area (Å²) in [5.41, 5.74) is 7.54. The lowest BCUT2D eigenvalue weighted by Crippen LogP contribution is -2.36. The van der Waals surface area contributed by atoms with Gasteiger partial charge in [0, 0.05) is 12.6 Å². The predicted molar refractivity (Wildman–Crippen MR) is 91.8 cm³/mol. The van der Waals surface area contributed by atoms with E-state index in [4.69, 9.17) is 10.5 Å². The van der Waals surface area contributed by atoms with E-state index in [9.17, 15) is 4.79 Å². The summed E-state index contributed by atoms with van der Waals surface area (Å²) in [5.74, 6) is 1.17. The lowest BCUT2D eigenvalue weighted by molar-refractivity contribution is -0.117. The normalized spacial score (nSPS) is 21.3. The molecule has 3 N–H and O–H groups in total. The minimum atomic E-state index is -0.0107. The maximum absolute atomic E-state index is 12.2. The molecular weight excluding hydrogens is 302 g/mol. The van der Waals surface area contributed by atoms with Crippen molar-refractivity contribution in [3.8, 4) is 5.75 Å². The first-order valence-electron chi connectivity index (χ1n) is 7.42. The minimum absolute atomic E-state index is 0. The molecule has 1 fully saturated rings. The summed E-state index contributed by atoms with van der Waals surface area (Å²) in [6, 6.07) is 6.16. The zero-order valence-electron chi connectivity index (χ0n) is 13.5. The monoisotopic (exact) mass is 327 g/mol. The molecule has 1 heterocycles. The SMILES string of the molecule is COc1ccc(C)cc1NC(=O)CN1CC(CN)CC1C.Cl. The van der Waals surface area contributed by atoms with Gasteiger partial charge in [0.05, 0.1) is 19.3 Å². The van der Waals surface area contributed by atoms with Gasteiger partial charge in [0.2, 0.25) is 5.91 Å². The van der Waals surface area contributed by atoms with Crippen LogP contribution in [0.15, 0.2) is 18.2 Å². The van der Waals surface area contributed by atoms with Gasteiger partial charge in [-0.2, -0.15) is 0 Å². The number of carbonyl (C=O) groups excluding carboxylic acids is 1. The van der Waals surface area contributed by atoms with Crippen molar-refractivity contribution in [1.82, 2.24) is 4.90 Å². The van der Waals surface area contributed by atoms with Crippen molar-refractivity contribution in [3.05, 3.63) is 23.8 Å². The second kappa shape index (κ2) is 8.36. The van der Waals surface area contributed by atoms with Crippen LogP contribution in [0, 0.1) is 12.8 Å². The van der Waals surface area contributed by atoms with Crippen molar-refractivity contribution in [2.24, 2.45) is 11.7 Å². The Kier molecular flexibility index (Phi) is 7.13. The van der Waals surface area contributed by atoms with Crippen LogP contribution in [0.2, 0.25) is 0 Å². The van der Waals surface area contributed by atoms with Gasteiger partial charge in [-0.15, -0.1) is 12.4 Å². The number of carbonyl (C=O) groups is 1.